The van der Waals surface area contributed by atoms with Gasteiger partial charge in [-0.1, -0.05) is 20.8 Å². The third-order valence-corrected chi connectivity index (χ3v) is 3.79. The molecule has 1 saturated heterocycles. The van der Waals surface area contributed by atoms with Crippen molar-refractivity contribution in [1.82, 2.24) is 10.2 Å². The van der Waals surface area contributed by atoms with Gasteiger partial charge in [0, 0.05) is 12.6 Å². The molecule has 0 radical (unpaired) electrons. The van der Waals surface area contributed by atoms with E-state index in [1.165, 1.54) is 0 Å². The lowest BCUT2D eigenvalue weighted by Gasteiger charge is -2.45. The monoisotopic (exact) mass is 258 g/mol. The van der Waals surface area contributed by atoms with Crippen LogP contribution in [0.4, 0.5) is 0 Å². The first kappa shape index (κ1) is 15.4. The molecule has 5 heteroatoms. The number of hydrogen-bond acceptors (Lipinski definition) is 4. The number of likely N-dealkylation sites (tertiary alicyclic amines) is 1. The van der Waals surface area contributed by atoms with Crippen LogP contribution in [0, 0.1) is 0 Å². The quantitative estimate of drug-likeness (QED) is 0.632. The van der Waals surface area contributed by atoms with E-state index in [4.69, 9.17) is 0 Å². The molecule has 0 aliphatic carbocycles. The topological polar surface area (TPSA) is 72.8 Å². The fourth-order valence-electron chi connectivity index (χ4n) is 2.54. The smallest absolute Gasteiger partial charge is 0.240 e. The summed E-state index contributed by atoms with van der Waals surface area (Å²) in [6.07, 6.45) is 2.28. The van der Waals surface area contributed by atoms with Gasteiger partial charge in [0.25, 0.3) is 0 Å². The van der Waals surface area contributed by atoms with Crippen LogP contribution < -0.4 is 5.32 Å². The van der Waals surface area contributed by atoms with Crippen LogP contribution in [-0.2, 0) is 4.79 Å². The van der Waals surface area contributed by atoms with E-state index >= 15 is 0 Å². The number of nitrogens with zero attached hydrogens (tertiary/aromatic N) is 1. The molecule has 0 bridgehead atoms. The molecule has 1 aliphatic rings. The predicted octanol–water partition coefficient (Wildman–Crippen LogP) is 0.109. The van der Waals surface area contributed by atoms with Crippen molar-refractivity contribution in [2.45, 2.75) is 57.7 Å². The lowest BCUT2D eigenvalue weighted by atomic mass is 9.91. The number of piperidine rings is 1. The third kappa shape index (κ3) is 3.02. The van der Waals surface area contributed by atoms with Gasteiger partial charge in [-0.25, -0.2) is 0 Å². The van der Waals surface area contributed by atoms with E-state index < -0.39 is 5.54 Å². The van der Waals surface area contributed by atoms with Crippen LogP contribution in [-0.4, -0.2) is 58.4 Å². The second-order valence-electron chi connectivity index (χ2n) is 5.40. The summed E-state index contributed by atoms with van der Waals surface area (Å²) >= 11 is 0. The van der Waals surface area contributed by atoms with Crippen LogP contribution in [0.25, 0.3) is 0 Å². The second kappa shape index (κ2) is 6.50. The lowest BCUT2D eigenvalue weighted by Crippen LogP contribution is -2.63. The summed E-state index contributed by atoms with van der Waals surface area (Å²) < 4.78 is 0. The number of aliphatic hydroxyl groups excluding tert-OH is 2. The molecule has 1 amide bonds. The molecule has 3 N–H and O–H groups in total. The molecule has 1 aliphatic heterocycles. The summed E-state index contributed by atoms with van der Waals surface area (Å²) in [7, 11) is 0. The first-order chi connectivity index (χ1) is 8.50. The molecule has 1 fully saturated rings. The van der Waals surface area contributed by atoms with E-state index in [9.17, 15) is 15.0 Å². The molecule has 1 unspecified atom stereocenters. The van der Waals surface area contributed by atoms with Crippen molar-refractivity contribution >= 4 is 5.91 Å². The van der Waals surface area contributed by atoms with E-state index in [0.717, 1.165) is 12.8 Å². The molecule has 0 aromatic heterocycles. The fraction of sp³-hybridized carbons (Fsp3) is 0.923. The second-order valence-corrected chi connectivity index (χ2v) is 5.40. The Hall–Kier alpha value is -0.650. The molecular weight excluding hydrogens is 232 g/mol. The van der Waals surface area contributed by atoms with E-state index in [1.807, 2.05) is 20.8 Å². The summed E-state index contributed by atoms with van der Waals surface area (Å²) in [4.78, 5) is 14.1. The van der Waals surface area contributed by atoms with Gasteiger partial charge < -0.3 is 20.4 Å². The molecule has 0 aromatic carbocycles. The Bertz CT molecular complexity index is 269. The Morgan fingerprint density at radius 3 is 2.50 bits per heavy atom. The number of carbonyl (C=O) groups excluding carboxylic acids is 1. The summed E-state index contributed by atoms with van der Waals surface area (Å²) in [5.41, 5.74) is -0.811. The van der Waals surface area contributed by atoms with Gasteiger partial charge in [0.15, 0.2) is 0 Å². The molecule has 0 aromatic rings. The summed E-state index contributed by atoms with van der Waals surface area (Å²) in [6, 6.07) is 0.0564. The normalized spacial score (nSPS) is 21.8. The molecule has 0 spiro atoms. The largest absolute Gasteiger partial charge is 0.394 e. The standard InChI is InChI=1S/C13H26N2O3/c1-4-13(8-16,9-17)15-7-5-6-11(12(15)18)14-10(2)3/h10-11,14,16-17H,4-9H2,1-3H3. The van der Waals surface area contributed by atoms with Gasteiger partial charge in [-0.2, -0.15) is 0 Å². The van der Waals surface area contributed by atoms with Gasteiger partial charge in [0.05, 0.1) is 24.8 Å². The SMILES string of the molecule is CCC(CO)(CO)N1CCCC(NC(C)C)C1=O. The van der Waals surface area contributed by atoms with Crippen molar-refractivity contribution < 1.29 is 15.0 Å². The van der Waals surface area contributed by atoms with Gasteiger partial charge in [-0.05, 0) is 19.3 Å². The Kier molecular flexibility index (Phi) is 5.56. The van der Waals surface area contributed by atoms with E-state index in [2.05, 4.69) is 5.32 Å². The van der Waals surface area contributed by atoms with Crippen molar-refractivity contribution in [2.24, 2.45) is 0 Å². The molecular formula is C13H26N2O3. The minimum Gasteiger partial charge on any atom is -0.394 e. The van der Waals surface area contributed by atoms with Crippen LogP contribution >= 0.6 is 0 Å². The first-order valence-corrected chi connectivity index (χ1v) is 6.80. The van der Waals surface area contributed by atoms with Gasteiger partial charge in [0.2, 0.25) is 5.91 Å². The maximum Gasteiger partial charge on any atom is 0.240 e. The van der Waals surface area contributed by atoms with Crippen LogP contribution in [0.3, 0.4) is 0 Å². The molecule has 1 atom stereocenters. The van der Waals surface area contributed by atoms with Crippen LogP contribution in [0.5, 0.6) is 0 Å². The molecule has 5 nitrogen and oxygen atoms in total. The van der Waals surface area contributed by atoms with Crippen LogP contribution in [0.1, 0.15) is 40.0 Å². The van der Waals surface area contributed by atoms with Gasteiger partial charge in [-0.3, -0.25) is 4.79 Å². The zero-order valence-electron chi connectivity index (χ0n) is 11.6. The number of hydrogen-bond donors (Lipinski definition) is 3. The summed E-state index contributed by atoms with van der Waals surface area (Å²) in [5.74, 6) is -0.0000926. The number of nitrogens with one attached hydrogen (secondary N) is 1. The van der Waals surface area contributed by atoms with Crippen LogP contribution in [0.15, 0.2) is 0 Å². The van der Waals surface area contributed by atoms with Crippen LogP contribution in [0.2, 0.25) is 0 Å². The Morgan fingerprint density at radius 1 is 1.44 bits per heavy atom. The maximum absolute atomic E-state index is 12.4. The third-order valence-electron chi connectivity index (χ3n) is 3.79. The van der Waals surface area contributed by atoms with E-state index in [-0.39, 0.29) is 31.2 Å². The highest BCUT2D eigenvalue weighted by molar-refractivity contribution is 5.83. The summed E-state index contributed by atoms with van der Waals surface area (Å²) in [5, 5.41) is 22.3. The van der Waals surface area contributed by atoms with E-state index in [0.29, 0.717) is 13.0 Å². The average molecular weight is 258 g/mol. The highest BCUT2D eigenvalue weighted by Gasteiger charge is 2.41. The molecule has 18 heavy (non-hydrogen) atoms. The minimum atomic E-state index is -0.811. The van der Waals surface area contributed by atoms with Crippen molar-refractivity contribution in [3.05, 3.63) is 0 Å². The molecule has 1 heterocycles. The zero-order chi connectivity index (χ0) is 13.8. The van der Waals surface area contributed by atoms with Gasteiger partial charge in [0.1, 0.15) is 0 Å². The molecule has 106 valence electrons. The lowest BCUT2D eigenvalue weighted by molar-refractivity contribution is -0.148. The van der Waals surface area contributed by atoms with Gasteiger partial charge in [-0.15, -0.1) is 0 Å². The Balaban J connectivity index is 2.85. The average Bonchev–Trinajstić information content (AvgIpc) is 2.35. The first-order valence-electron chi connectivity index (χ1n) is 6.80. The Morgan fingerprint density at radius 2 is 2.06 bits per heavy atom. The van der Waals surface area contributed by atoms with Crippen molar-refractivity contribution in [2.75, 3.05) is 19.8 Å². The predicted molar refractivity (Wildman–Crippen MR) is 70.2 cm³/mol. The fourth-order valence-corrected chi connectivity index (χ4v) is 2.54. The number of amides is 1. The van der Waals surface area contributed by atoms with Crippen molar-refractivity contribution in [3.8, 4) is 0 Å². The maximum atomic E-state index is 12.4. The highest BCUT2D eigenvalue weighted by atomic mass is 16.3. The minimum absolute atomic E-state index is 0.0000926. The van der Waals surface area contributed by atoms with Crippen molar-refractivity contribution in [3.63, 3.8) is 0 Å². The molecule has 1 rings (SSSR count). The van der Waals surface area contributed by atoms with Crippen molar-refractivity contribution in [1.29, 1.82) is 0 Å². The molecule has 0 saturated carbocycles. The number of aliphatic hydroxyl groups is 2. The number of rotatable bonds is 6. The van der Waals surface area contributed by atoms with E-state index in [1.54, 1.807) is 4.90 Å². The Labute approximate surface area is 109 Å². The zero-order valence-corrected chi connectivity index (χ0v) is 11.6. The number of carbonyl (C=O) groups is 1. The summed E-state index contributed by atoms with van der Waals surface area (Å²) in [6.45, 7) is 6.14. The van der Waals surface area contributed by atoms with Gasteiger partial charge >= 0.3 is 0 Å². The highest BCUT2D eigenvalue weighted by Crippen LogP contribution is 2.25.